The van der Waals surface area contributed by atoms with Crippen molar-refractivity contribution in [3.05, 3.63) is 34.9 Å². The average Bonchev–Trinajstić information content (AvgIpc) is 2.59. The molecule has 0 aromatic heterocycles. The summed E-state index contributed by atoms with van der Waals surface area (Å²) >= 11 is 6.06. The Bertz CT molecular complexity index is 444. The predicted octanol–water partition coefficient (Wildman–Crippen LogP) is 2.60. The third-order valence-corrected chi connectivity index (χ3v) is 3.55. The number of nitrogens with two attached hydrogens (primary N) is 1. The molecule has 2 N–H and O–H groups in total. The van der Waals surface area contributed by atoms with Gasteiger partial charge in [-0.25, -0.2) is 0 Å². The van der Waals surface area contributed by atoms with Crippen LogP contribution in [0.25, 0.3) is 0 Å². The second-order valence-corrected chi connectivity index (χ2v) is 5.05. The maximum Gasteiger partial charge on any atom is 0.192 e. The standard InChI is InChI=1S/C13H18ClN3/c1-3-7-17-12(15)16-9-13(17,2)10-5-4-6-11(14)8-10/h4-6,8H,3,7,9H2,1-2H3,(H2,15,16). The Morgan fingerprint density at radius 3 is 2.94 bits per heavy atom. The monoisotopic (exact) mass is 251 g/mol. The van der Waals surface area contributed by atoms with Gasteiger partial charge in [0.05, 0.1) is 12.1 Å². The molecule has 92 valence electrons. The van der Waals surface area contributed by atoms with Crippen LogP contribution in [0.2, 0.25) is 5.02 Å². The lowest BCUT2D eigenvalue weighted by molar-refractivity contribution is 0.225. The quantitative estimate of drug-likeness (QED) is 0.897. The second-order valence-electron chi connectivity index (χ2n) is 4.61. The van der Waals surface area contributed by atoms with E-state index < -0.39 is 0 Å². The molecule has 0 saturated heterocycles. The van der Waals surface area contributed by atoms with Gasteiger partial charge >= 0.3 is 0 Å². The molecular weight excluding hydrogens is 234 g/mol. The van der Waals surface area contributed by atoms with Crippen molar-refractivity contribution in [1.82, 2.24) is 4.90 Å². The van der Waals surface area contributed by atoms with Crippen molar-refractivity contribution >= 4 is 17.6 Å². The van der Waals surface area contributed by atoms with E-state index in [1.54, 1.807) is 0 Å². The molecule has 4 heteroatoms. The molecule has 1 heterocycles. The summed E-state index contributed by atoms with van der Waals surface area (Å²) in [5.41, 5.74) is 6.97. The highest BCUT2D eigenvalue weighted by atomic mass is 35.5. The van der Waals surface area contributed by atoms with Crippen molar-refractivity contribution in [2.24, 2.45) is 10.7 Å². The van der Waals surface area contributed by atoms with E-state index in [1.165, 1.54) is 5.56 Å². The number of hydrogen-bond acceptors (Lipinski definition) is 3. The Morgan fingerprint density at radius 1 is 1.53 bits per heavy atom. The first-order chi connectivity index (χ1) is 8.08. The Hall–Kier alpha value is -1.22. The van der Waals surface area contributed by atoms with Crippen molar-refractivity contribution < 1.29 is 0 Å². The van der Waals surface area contributed by atoms with Crippen LogP contribution in [-0.2, 0) is 5.54 Å². The molecule has 0 bridgehead atoms. The number of halogens is 1. The molecule has 1 aromatic rings. The number of hydrogen-bond donors (Lipinski definition) is 1. The first-order valence-electron chi connectivity index (χ1n) is 5.91. The molecule has 17 heavy (non-hydrogen) atoms. The smallest absolute Gasteiger partial charge is 0.192 e. The lowest BCUT2D eigenvalue weighted by Crippen LogP contribution is -2.47. The fourth-order valence-corrected chi connectivity index (χ4v) is 2.50. The molecule has 1 aliphatic rings. The van der Waals surface area contributed by atoms with E-state index in [4.69, 9.17) is 17.3 Å². The molecule has 0 spiro atoms. The minimum absolute atomic E-state index is 0.162. The van der Waals surface area contributed by atoms with Crippen LogP contribution < -0.4 is 5.73 Å². The fraction of sp³-hybridized carbons (Fsp3) is 0.462. The lowest BCUT2D eigenvalue weighted by Gasteiger charge is -2.36. The van der Waals surface area contributed by atoms with E-state index in [0.717, 1.165) is 18.0 Å². The molecule has 0 amide bonds. The summed E-state index contributed by atoms with van der Waals surface area (Å²) in [4.78, 5) is 6.54. The Morgan fingerprint density at radius 2 is 2.29 bits per heavy atom. The van der Waals surface area contributed by atoms with E-state index in [9.17, 15) is 0 Å². The number of benzene rings is 1. The minimum atomic E-state index is -0.162. The number of rotatable bonds is 3. The maximum absolute atomic E-state index is 6.06. The molecule has 0 saturated carbocycles. The van der Waals surface area contributed by atoms with Crippen molar-refractivity contribution in [3.63, 3.8) is 0 Å². The van der Waals surface area contributed by atoms with Gasteiger partial charge in [0.2, 0.25) is 0 Å². The first kappa shape index (κ1) is 12.2. The van der Waals surface area contributed by atoms with Crippen LogP contribution in [0.1, 0.15) is 25.8 Å². The van der Waals surface area contributed by atoms with E-state index in [1.807, 2.05) is 18.2 Å². The van der Waals surface area contributed by atoms with Gasteiger partial charge in [0.15, 0.2) is 5.96 Å². The zero-order chi connectivity index (χ0) is 12.5. The lowest BCUT2D eigenvalue weighted by atomic mass is 9.91. The zero-order valence-electron chi connectivity index (χ0n) is 10.3. The predicted molar refractivity (Wildman–Crippen MR) is 72.3 cm³/mol. The van der Waals surface area contributed by atoms with Gasteiger partial charge in [0.1, 0.15) is 0 Å². The van der Waals surface area contributed by atoms with E-state index in [-0.39, 0.29) is 5.54 Å². The molecule has 0 fully saturated rings. The summed E-state index contributed by atoms with van der Waals surface area (Å²) in [6, 6.07) is 7.94. The molecule has 0 aliphatic carbocycles. The van der Waals surface area contributed by atoms with Gasteiger partial charge in [-0.15, -0.1) is 0 Å². The van der Waals surface area contributed by atoms with E-state index >= 15 is 0 Å². The van der Waals surface area contributed by atoms with E-state index in [2.05, 4.69) is 29.8 Å². The molecule has 3 nitrogen and oxygen atoms in total. The van der Waals surface area contributed by atoms with Crippen molar-refractivity contribution in [2.75, 3.05) is 13.1 Å². The average molecular weight is 252 g/mol. The Labute approximate surface area is 107 Å². The Balaban J connectivity index is 2.36. The Kier molecular flexibility index (Phi) is 3.29. The zero-order valence-corrected chi connectivity index (χ0v) is 11.0. The van der Waals surface area contributed by atoms with Gasteiger partial charge in [0.25, 0.3) is 0 Å². The second kappa shape index (κ2) is 4.57. The van der Waals surface area contributed by atoms with E-state index in [0.29, 0.717) is 12.5 Å². The van der Waals surface area contributed by atoms with Crippen molar-refractivity contribution in [2.45, 2.75) is 25.8 Å². The van der Waals surface area contributed by atoms with Crippen molar-refractivity contribution in [3.8, 4) is 0 Å². The van der Waals surface area contributed by atoms with Gasteiger partial charge in [-0.3, -0.25) is 4.99 Å². The molecule has 2 rings (SSSR count). The largest absolute Gasteiger partial charge is 0.370 e. The summed E-state index contributed by atoms with van der Waals surface area (Å²) in [7, 11) is 0. The molecule has 1 atom stereocenters. The van der Waals surface area contributed by atoms with Crippen LogP contribution in [0.4, 0.5) is 0 Å². The normalized spacial score (nSPS) is 23.9. The highest BCUT2D eigenvalue weighted by Gasteiger charge is 2.38. The summed E-state index contributed by atoms with van der Waals surface area (Å²) in [5.74, 6) is 0.634. The molecular formula is C13H18ClN3. The highest BCUT2D eigenvalue weighted by Crippen LogP contribution is 2.33. The number of aliphatic imine (C=N–C) groups is 1. The van der Waals surface area contributed by atoms with Crippen LogP contribution in [0.5, 0.6) is 0 Å². The minimum Gasteiger partial charge on any atom is -0.370 e. The molecule has 0 radical (unpaired) electrons. The van der Waals surface area contributed by atoms with Gasteiger partial charge in [-0.05, 0) is 31.0 Å². The van der Waals surface area contributed by atoms with Crippen LogP contribution in [0.15, 0.2) is 29.3 Å². The van der Waals surface area contributed by atoms with Crippen molar-refractivity contribution in [1.29, 1.82) is 0 Å². The van der Waals surface area contributed by atoms with Gasteiger partial charge in [-0.2, -0.15) is 0 Å². The van der Waals surface area contributed by atoms with Crippen LogP contribution in [0.3, 0.4) is 0 Å². The fourth-order valence-electron chi connectivity index (χ4n) is 2.31. The summed E-state index contributed by atoms with van der Waals surface area (Å²) < 4.78 is 0. The van der Waals surface area contributed by atoms with Gasteiger partial charge in [0, 0.05) is 11.6 Å². The SMILES string of the molecule is CCCN1C(N)=NCC1(C)c1cccc(Cl)c1. The van der Waals surface area contributed by atoms with Gasteiger partial charge < -0.3 is 10.6 Å². The number of guanidine groups is 1. The molecule has 1 aromatic carbocycles. The first-order valence-corrected chi connectivity index (χ1v) is 6.29. The maximum atomic E-state index is 6.06. The van der Waals surface area contributed by atoms with Crippen LogP contribution in [0, 0.1) is 0 Å². The summed E-state index contributed by atoms with van der Waals surface area (Å²) in [5, 5.41) is 0.755. The third kappa shape index (κ3) is 2.12. The summed E-state index contributed by atoms with van der Waals surface area (Å²) in [6.07, 6.45) is 1.05. The van der Waals surface area contributed by atoms with Crippen LogP contribution in [-0.4, -0.2) is 23.9 Å². The molecule has 1 aliphatic heterocycles. The molecule has 1 unspecified atom stereocenters. The topological polar surface area (TPSA) is 41.6 Å². The highest BCUT2D eigenvalue weighted by molar-refractivity contribution is 6.30. The third-order valence-electron chi connectivity index (χ3n) is 3.31. The van der Waals surface area contributed by atoms with Gasteiger partial charge in [-0.1, -0.05) is 30.7 Å². The number of nitrogens with zero attached hydrogens (tertiary/aromatic N) is 2. The van der Waals surface area contributed by atoms with Crippen LogP contribution >= 0.6 is 11.6 Å². The summed E-state index contributed by atoms with van der Waals surface area (Å²) in [6.45, 7) is 5.92.